The molecular formula is C12H14N2O. The number of benzene rings is 1. The lowest BCUT2D eigenvalue weighted by Crippen LogP contribution is -2.27. The fourth-order valence-corrected chi connectivity index (χ4v) is 1.64. The van der Waals surface area contributed by atoms with E-state index in [9.17, 15) is 4.79 Å². The van der Waals surface area contributed by atoms with Crippen LogP contribution in [0.1, 0.15) is 25.8 Å². The first-order valence-corrected chi connectivity index (χ1v) is 5.13. The van der Waals surface area contributed by atoms with Crippen LogP contribution in [0.3, 0.4) is 0 Å². The van der Waals surface area contributed by atoms with Crippen LogP contribution in [0.5, 0.6) is 0 Å². The minimum atomic E-state index is 0.0869. The van der Waals surface area contributed by atoms with Crippen LogP contribution in [-0.4, -0.2) is 22.7 Å². The molecule has 0 N–H and O–H groups in total. The lowest BCUT2D eigenvalue weighted by molar-refractivity contribution is -0.130. The Hall–Kier alpha value is -1.64. The highest BCUT2D eigenvalue weighted by Crippen LogP contribution is 2.16. The van der Waals surface area contributed by atoms with Gasteiger partial charge in [0.25, 0.3) is 0 Å². The van der Waals surface area contributed by atoms with Gasteiger partial charge < -0.3 is 0 Å². The highest BCUT2D eigenvalue weighted by Gasteiger charge is 2.26. The van der Waals surface area contributed by atoms with Crippen LogP contribution in [-0.2, 0) is 4.79 Å². The van der Waals surface area contributed by atoms with Crippen LogP contribution < -0.4 is 0 Å². The number of hydrogen-bond donors (Lipinski definition) is 0. The topological polar surface area (TPSA) is 32.7 Å². The smallest absolute Gasteiger partial charge is 0.249 e. The van der Waals surface area contributed by atoms with Crippen molar-refractivity contribution in [1.29, 1.82) is 0 Å². The summed E-state index contributed by atoms with van der Waals surface area (Å²) >= 11 is 0. The molecule has 3 heteroatoms. The van der Waals surface area contributed by atoms with Gasteiger partial charge in [-0.05, 0) is 19.4 Å². The van der Waals surface area contributed by atoms with E-state index in [-0.39, 0.29) is 11.9 Å². The third-order valence-electron chi connectivity index (χ3n) is 2.40. The zero-order chi connectivity index (χ0) is 10.8. The van der Waals surface area contributed by atoms with Crippen molar-refractivity contribution in [3.63, 3.8) is 0 Å². The Morgan fingerprint density at radius 3 is 2.47 bits per heavy atom. The van der Waals surface area contributed by atoms with Gasteiger partial charge in [-0.3, -0.25) is 4.79 Å². The van der Waals surface area contributed by atoms with Crippen molar-refractivity contribution < 1.29 is 4.79 Å². The van der Waals surface area contributed by atoms with Crippen molar-refractivity contribution in [1.82, 2.24) is 5.01 Å². The average Bonchev–Trinajstić information content (AvgIpc) is 2.62. The molecular weight excluding hydrogens is 188 g/mol. The molecule has 0 bridgehead atoms. The number of amides is 1. The Morgan fingerprint density at radius 1 is 1.27 bits per heavy atom. The van der Waals surface area contributed by atoms with Gasteiger partial charge in [-0.15, -0.1) is 0 Å². The Labute approximate surface area is 89.4 Å². The maximum Gasteiger partial charge on any atom is 0.249 e. The number of nitrogens with zero attached hydrogens (tertiary/aromatic N) is 2. The summed E-state index contributed by atoms with van der Waals surface area (Å²) in [6, 6.07) is 9.98. The van der Waals surface area contributed by atoms with Crippen LogP contribution in [0.2, 0.25) is 0 Å². The first kappa shape index (κ1) is 9.90. The molecule has 1 amide bonds. The summed E-state index contributed by atoms with van der Waals surface area (Å²) in [5, 5.41) is 5.90. The molecule has 1 aliphatic rings. The summed E-state index contributed by atoms with van der Waals surface area (Å²) in [6.07, 6.45) is 0.419. The standard InChI is InChI=1S/C12H14N2O/c1-9(2)14-12(15)8-11(13-14)10-6-4-3-5-7-10/h3-7,9H,8H2,1-2H3. The molecule has 0 saturated carbocycles. The van der Waals surface area contributed by atoms with Gasteiger partial charge in [-0.1, -0.05) is 30.3 Å². The predicted molar refractivity (Wildman–Crippen MR) is 59.6 cm³/mol. The Balaban J connectivity index is 2.27. The van der Waals surface area contributed by atoms with Gasteiger partial charge in [-0.25, -0.2) is 5.01 Å². The van der Waals surface area contributed by atoms with E-state index in [1.807, 2.05) is 44.2 Å². The zero-order valence-corrected chi connectivity index (χ0v) is 8.97. The molecule has 0 atom stereocenters. The fourth-order valence-electron chi connectivity index (χ4n) is 1.64. The van der Waals surface area contributed by atoms with Crippen LogP contribution >= 0.6 is 0 Å². The monoisotopic (exact) mass is 202 g/mol. The van der Waals surface area contributed by atoms with Gasteiger partial charge >= 0.3 is 0 Å². The van der Waals surface area contributed by atoms with E-state index >= 15 is 0 Å². The normalized spacial score (nSPS) is 16.1. The minimum Gasteiger partial charge on any atom is -0.273 e. The predicted octanol–water partition coefficient (Wildman–Crippen LogP) is 2.03. The highest BCUT2D eigenvalue weighted by molar-refractivity contribution is 6.13. The second-order valence-corrected chi connectivity index (χ2v) is 3.92. The summed E-state index contributed by atoms with van der Waals surface area (Å²) in [5.74, 6) is 0.0869. The molecule has 0 aliphatic carbocycles. The van der Waals surface area contributed by atoms with E-state index in [2.05, 4.69) is 5.10 Å². The third-order valence-corrected chi connectivity index (χ3v) is 2.40. The van der Waals surface area contributed by atoms with Crippen LogP contribution in [0.4, 0.5) is 0 Å². The number of rotatable bonds is 2. The first-order valence-electron chi connectivity index (χ1n) is 5.13. The summed E-state index contributed by atoms with van der Waals surface area (Å²) in [7, 11) is 0. The largest absolute Gasteiger partial charge is 0.273 e. The van der Waals surface area contributed by atoms with Crippen LogP contribution in [0, 0.1) is 0 Å². The maximum absolute atomic E-state index is 11.6. The third kappa shape index (κ3) is 1.91. The molecule has 0 saturated heterocycles. The maximum atomic E-state index is 11.6. The summed E-state index contributed by atoms with van der Waals surface area (Å²) in [4.78, 5) is 11.6. The number of carbonyl (C=O) groups excluding carboxylic acids is 1. The lowest BCUT2D eigenvalue weighted by atomic mass is 10.1. The highest BCUT2D eigenvalue weighted by atomic mass is 16.2. The van der Waals surface area contributed by atoms with Gasteiger partial charge in [-0.2, -0.15) is 5.10 Å². The second-order valence-electron chi connectivity index (χ2n) is 3.92. The molecule has 15 heavy (non-hydrogen) atoms. The molecule has 0 aromatic heterocycles. The Morgan fingerprint density at radius 2 is 1.93 bits per heavy atom. The van der Waals surface area contributed by atoms with E-state index < -0.39 is 0 Å². The van der Waals surface area contributed by atoms with Crippen LogP contribution in [0.15, 0.2) is 35.4 Å². The summed E-state index contributed by atoms with van der Waals surface area (Å²) in [6.45, 7) is 3.94. The fraction of sp³-hybridized carbons (Fsp3) is 0.333. The molecule has 0 radical (unpaired) electrons. The van der Waals surface area contributed by atoms with E-state index in [1.165, 1.54) is 0 Å². The number of hydrogen-bond acceptors (Lipinski definition) is 2. The van der Waals surface area contributed by atoms with Gasteiger partial charge in [0, 0.05) is 6.04 Å². The van der Waals surface area contributed by atoms with Crippen molar-refractivity contribution >= 4 is 11.6 Å². The van der Waals surface area contributed by atoms with Crippen molar-refractivity contribution in [2.75, 3.05) is 0 Å². The van der Waals surface area contributed by atoms with E-state index in [0.29, 0.717) is 6.42 Å². The molecule has 0 unspecified atom stereocenters. The molecule has 1 aromatic rings. The molecule has 1 aliphatic heterocycles. The summed E-state index contributed by atoms with van der Waals surface area (Å²) in [5.41, 5.74) is 1.91. The van der Waals surface area contributed by atoms with Gasteiger partial charge in [0.05, 0.1) is 12.1 Å². The molecule has 1 heterocycles. The number of hydrazone groups is 1. The van der Waals surface area contributed by atoms with E-state index in [4.69, 9.17) is 0 Å². The van der Waals surface area contributed by atoms with Gasteiger partial charge in [0.2, 0.25) is 5.91 Å². The van der Waals surface area contributed by atoms with Crippen molar-refractivity contribution in [3.8, 4) is 0 Å². The van der Waals surface area contributed by atoms with Crippen molar-refractivity contribution in [2.24, 2.45) is 5.10 Å². The van der Waals surface area contributed by atoms with Crippen molar-refractivity contribution in [3.05, 3.63) is 35.9 Å². The molecule has 78 valence electrons. The minimum absolute atomic E-state index is 0.0869. The molecule has 2 rings (SSSR count). The molecule has 0 fully saturated rings. The second kappa shape index (κ2) is 3.85. The molecule has 0 spiro atoms. The van der Waals surface area contributed by atoms with E-state index in [0.717, 1.165) is 11.3 Å². The Bertz CT molecular complexity index is 395. The SMILES string of the molecule is CC(C)N1N=C(c2ccccc2)CC1=O. The summed E-state index contributed by atoms with van der Waals surface area (Å²) < 4.78 is 0. The quantitative estimate of drug-likeness (QED) is 0.722. The van der Waals surface area contributed by atoms with Gasteiger partial charge in [0.1, 0.15) is 0 Å². The molecule has 3 nitrogen and oxygen atoms in total. The molecule has 1 aromatic carbocycles. The van der Waals surface area contributed by atoms with Crippen molar-refractivity contribution in [2.45, 2.75) is 26.3 Å². The lowest BCUT2D eigenvalue weighted by Gasteiger charge is -2.15. The van der Waals surface area contributed by atoms with Crippen LogP contribution in [0.25, 0.3) is 0 Å². The first-order chi connectivity index (χ1) is 7.18. The van der Waals surface area contributed by atoms with Gasteiger partial charge in [0.15, 0.2) is 0 Å². The van der Waals surface area contributed by atoms with E-state index in [1.54, 1.807) is 5.01 Å². The Kier molecular flexibility index (Phi) is 2.54. The average molecular weight is 202 g/mol. The zero-order valence-electron chi connectivity index (χ0n) is 8.97. The number of carbonyl (C=O) groups is 1.